The molecule has 1 saturated carbocycles. The molecule has 19 heavy (non-hydrogen) atoms. The molecule has 0 radical (unpaired) electrons. The summed E-state index contributed by atoms with van der Waals surface area (Å²) in [6.45, 7) is 2.74. The van der Waals surface area contributed by atoms with Crippen molar-refractivity contribution in [2.75, 3.05) is 13.1 Å². The molecular formula is C14H27N3O2. The van der Waals surface area contributed by atoms with Gasteiger partial charge in [-0.1, -0.05) is 19.8 Å². The van der Waals surface area contributed by atoms with Gasteiger partial charge in [-0.3, -0.25) is 9.59 Å². The van der Waals surface area contributed by atoms with Crippen molar-refractivity contribution in [2.24, 2.45) is 11.7 Å². The average Bonchev–Trinajstić information content (AvgIpc) is 2.40. The van der Waals surface area contributed by atoms with Crippen LogP contribution in [0.5, 0.6) is 0 Å². The molecule has 1 fully saturated rings. The molecule has 110 valence electrons. The summed E-state index contributed by atoms with van der Waals surface area (Å²) in [5.41, 5.74) is 5.92. The van der Waals surface area contributed by atoms with E-state index in [9.17, 15) is 9.59 Å². The molecule has 1 rings (SSSR count). The number of rotatable bonds is 7. The highest BCUT2D eigenvalue weighted by atomic mass is 16.2. The predicted molar refractivity (Wildman–Crippen MR) is 75.5 cm³/mol. The Balaban J connectivity index is 2.08. The number of carbonyl (C=O) groups is 2. The minimum absolute atomic E-state index is 0.0363. The van der Waals surface area contributed by atoms with Crippen LogP contribution in [0.3, 0.4) is 0 Å². The lowest BCUT2D eigenvalue weighted by atomic mass is 9.83. The predicted octanol–water partition coefficient (Wildman–Crippen LogP) is 0.926. The molecule has 0 spiro atoms. The summed E-state index contributed by atoms with van der Waals surface area (Å²) in [5.74, 6) is 0.420. The fourth-order valence-corrected chi connectivity index (χ4v) is 2.52. The lowest BCUT2D eigenvalue weighted by molar-refractivity contribution is -0.126. The quantitative estimate of drug-likeness (QED) is 0.643. The Morgan fingerprint density at radius 2 is 2.00 bits per heavy atom. The van der Waals surface area contributed by atoms with Gasteiger partial charge in [0.2, 0.25) is 11.8 Å². The number of amides is 2. The minimum Gasteiger partial charge on any atom is -0.355 e. The van der Waals surface area contributed by atoms with Crippen molar-refractivity contribution in [1.29, 1.82) is 0 Å². The molecule has 2 atom stereocenters. The van der Waals surface area contributed by atoms with E-state index in [2.05, 4.69) is 10.6 Å². The van der Waals surface area contributed by atoms with Gasteiger partial charge in [-0.2, -0.15) is 0 Å². The molecule has 0 aromatic heterocycles. The van der Waals surface area contributed by atoms with Crippen molar-refractivity contribution in [3.05, 3.63) is 0 Å². The highest BCUT2D eigenvalue weighted by Crippen LogP contribution is 2.26. The number of nitrogens with two attached hydrogens (primary N) is 1. The Bertz CT molecular complexity index is 294. The first kappa shape index (κ1) is 16.0. The monoisotopic (exact) mass is 269 g/mol. The van der Waals surface area contributed by atoms with Crippen molar-refractivity contribution in [3.8, 4) is 0 Å². The zero-order valence-electron chi connectivity index (χ0n) is 11.9. The van der Waals surface area contributed by atoms with Crippen LogP contribution in [-0.2, 0) is 9.59 Å². The van der Waals surface area contributed by atoms with E-state index in [1.807, 2.05) is 6.92 Å². The van der Waals surface area contributed by atoms with Gasteiger partial charge in [0.1, 0.15) is 0 Å². The number of carbonyl (C=O) groups excluding carboxylic acids is 2. The maximum atomic E-state index is 11.6. The lowest BCUT2D eigenvalue weighted by Crippen LogP contribution is -2.37. The summed E-state index contributed by atoms with van der Waals surface area (Å²) in [6, 6.07) is 0.307. The Hall–Kier alpha value is -1.10. The van der Waals surface area contributed by atoms with E-state index >= 15 is 0 Å². The molecule has 0 aliphatic heterocycles. The van der Waals surface area contributed by atoms with Gasteiger partial charge in [-0.15, -0.1) is 0 Å². The van der Waals surface area contributed by atoms with Crippen LogP contribution in [0.2, 0.25) is 0 Å². The molecular weight excluding hydrogens is 242 g/mol. The Kier molecular flexibility index (Phi) is 7.48. The summed E-state index contributed by atoms with van der Waals surface area (Å²) in [6.07, 6.45) is 6.78. The van der Waals surface area contributed by atoms with Crippen LogP contribution in [0.4, 0.5) is 0 Å². The lowest BCUT2D eigenvalue weighted by Gasteiger charge is -2.26. The average molecular weight is 269 g/mol. The molecule has 0 saturated heterocycles. The molecule has 5 heteroatoms. The van der Waals surface area contributed by atoms with Crippen LogP contribution < -0.4 is 16.4 Å². The molecule has 2 amide bonds. The van der Waals surface area contributed by atoms with E-state index in [-0.39, 0.29) is 18.4 Å². The fourth-order valence-electron chi connectivity index (χ4n) is 2.52. The first-order valence-corrected chi connectivity index (χ1v) is 7.40. The highest BCUT2D eigenvalue weighted by Gasteiger charge is 2.19. The van der Waals surface area contributed by atoms with Crippen molar-refractivity contribution < 1.29 is 9.59 Å². The second kappa shape index (κ2) is 8.91. The third-order valence-electron chi connectivity index (χ3n) is 3.62. The van der Waals surface area contributed by atoms with Crippen LogP contribution >= 0.6 is 0 Å². The van der Waals surface area contributed by atoms with Crippen molar-refractivity contribution >= 4 is 11.8 Å². The third kappa shape index (κ3) is 7.15. The van der Waals surface area contributed by atoms with Crippen molar-refractivity contribution in [3.63, 3.8) is 0 Å². The van der Waals surface area contributed by atoms with Crippen LogP contribution in [0.15, 0.2) is 0 Å². The van der Waals surface area contributed by atoms with Crippen LogP contribution in [0.25, 0.3) is 0 Å². The molecule has 4 N–H and O–H groups in total. The second-order valence-electron chi connectivity index (χ2n) is 5.46. The highest BCUT2D eigenvalue weighted by molar-refractivity contribution is 5.84. The zero-order chi connectivity index (χ0) is 14.1. The van der Waals surface area contributed by atoms with E-state index < -0.39 is 0 Å². The van der Waals surface area contributed by atoms with Gasteiger partial charge in [-0.05, 0) is 31.6 Å². The van der Waals surface area contributed by atoms with Crippen LogP contribution in [-0.4, -0.2) is 30.9 Å². The summed E-state index contributed by atoms with van der Waals surface area (Å²) in [7, 11) is 0. The van der Waals surface area contributed by atoms with E-state index in [4.69, 9.17) is 5.73 Å². The Labute approximate surface area is 115 Å². The summed E-state index contributed by atoms with van der Waals surface area (Å²) >= 11 is 0. The maximum Gasteiger partial charge on any atom is 0.239 e. The van der Waals surface area contributed by atoms with Gasteiger partial charge in [0.05, 0.1) is 6.54 Å². The van der Waals surface area contributed by atoms with Crippen molar-refractivity contribution in [1.82, 2.24) is 10.6 Å². The molecule has 1 aliphatic carbocycles. The largest absolute Gasteiger partial charge is 0.355 e. The van der Waals surface area contributed by atoms with E-state index in [0.717, 1.165) is 25.7 Å². The van der Waals surface area contributed by atoms with Gasteiger partial charge in [-0.25, -0.2) is 0 Å². The topological polar surface area (TPSA) is 84.2 Å². The minimum atomic E-state index is -0.116. The van der Waals surface area contributed by atoms with Gasteiger partial charge in [0, 0.05) is 19.0 Å². The molecule has 2 unspecified atom stereocenters. The molecule has 0 heterocycles. The summed E-state index contributed by atoms with van der Waals surface area (Å²) in [5, 5.41) is 5.39. The van der Waals surface area contributed by atoms with Gasteiger partial charge >= 0.3 is 0 Å². The van der Waals surface area contributed by atoms with Gasteiger partial charge < -0.3 is 16.4 Å². The van der Waals surface area contributed by atoms with Crippen LogP contribution in [0, 0.1) is 5.92 Å². The fraction of sp³-hybridized carbons (Fsp3) is 0.857. The summed E-state index contributed by atoms with van der Waals surface area (Å²) < 4.78 is 0. The van der Waals surface area contributed by atoms with Gasteiger partial charge in [0.25, 0.3) is 0 Å². The smallest absolute Gasteiger partial charge is 0.239 e. The Morgan fingerprint density at radius 1 is 1.21 bits per heavy atom. The normalized spacial score (nSPS) is 22.8. The van der Waals surface area contributed by atoms with E-state index in [1.54, 1.807) is 0 Å². The number of hydrogen-bond acceptors (Lipinski definition) is 3. The molecule has 1 aliphatic rings. The Morgan fingerprint density at radius 3 is 2.68 bits per heavy atom. The standard InChI is InChI=1S/C14H27N3O2/c1-2-8-16-14(19)10-17-13(18)7-6-11-4-3-5-12(15)9-11/h11-12H,2-10,15H2,1H3,(H,16,19)(H,17,18). The van der Waals surface area contributed by atoms with E-state index in [1.165, 1.54) is 12.8 Å². The first-order valence-electron chi connectivity index (χ1n) is 7.40. The van der Waals surface area contributed by atoms with E-state index in [0.29, 0.717) is 24.9 Å². The van der Waals surface area contributed by atoms with Crippen LogP contribution in [0.1, 0.15) is 51.9 Å². The number of nitrogens with one attached hydrogen (secondary N) is 2. The molecule has 5 nitrogen and oxygen atoms in total. The third-order valence-corrected chi connectivity index (χ3v) is 3.62. The summed E-state index contributed by atoms with van der Waals surface area (Å²) in [4.78, 5) is 22.9. The molecule has 0 bridgehead atoms. The molecule has 0 aromatic rings. The molecule has 0 aromatic carbocycles. The zero-order valence-corrected chi connectivity index (χ0v) is 11.9. The SMILES string of the molecule is CCCNC(=O)CNC(=O)CCC1CCCC(N)C1. The second-order valence-corrected chi connectivity index (χ2v) is 5.46. The number of hydrogen-bond donors (Lipinski definition) is 3. The first-order chi connectivity index (χ1) is 9.11. The van der Waals surface area contributed by atoms with Gasteiger partial charge in [0.15, 0.2) is 0 Å². The van der Waals surface area contributed by atoms with Crippen molar-refractivity contribution in [2.45, 2.75) is 57.9 Å². The maximum absolute atomic E-state index is 11.6.